The minimum Gasteiger partial charge on any atom is -0.493 e. The van der Waals surface area contributed by atoms with E-state index in [1.54, 1.807) is 26.6 Å². The summed E-state index contributed by atoms with van der Waals surface area (Å²) in [5, 5.41) is 11.3. The largest absolute Gasteiger partial charge is 0.493 e. The van der Waals surface area contributed by atoms with Gasteiger partial charge in [-0.1, -0.05) is 36.4 Å². The van der Waals surface area contributed by atoms with E-state index in [1.807, 2.05) is 66.7 Å². The number of rotatable bonds is 6. The van der Waals surface area contributed by atoms with E-state index in [4.69, 9.17) is 14.2 Å². The predicted octanol–water partition coefficient (Wildman–Crippen LogP) is 4.48. The summed E-state index contributed by atoms with van der Waals surface area (Å²) in [5.74, 6) is 1.77. The average molecular weight is 454 g/mol. The third kappa shape index (κ3) is 3.86. The first-order valence-corrected chi connectivity index (χ1v) is 10.6. The van der Waals surface area contributed by atoms with Gasteiger partial charge in [0.1, 0.15) is 11.5 Å². The van der Waals surface area contributed by atoms with E-state index < -0.39 is 5.92 Å². The van der Waals surface area contributed by atoms with Crippen molar-refractivity contribution in [1.82, 2.24) is 15.6 Å². The summed E-state index contributed by atoms with van der Waals surface area (Å²) >= 11 is 0. The highest BCUT2D eigenvalue weighted by atomic mass is 16.5. The lowest BCUT2D eigenvalue weighted by Gasteiger charge is -2.26. The Hall–Kier alpha value is -4.59. The standard InChI is InChI=1S/C26H22N4O4/c1-32-22-12-11-16(13-23(22)33-2)25-17(14-27-29-25)15-28-30-26(31)24-18-7-3-5-9-20(18)34-21-10-6-4-8-19(21)24/h3-15,24H,1-2H3,(H,27,29)(H,30,31)/b28-15+. The molecule has 0 saturated heterocycles. The van der Waals surface area contributed by atoms with E-state index in [-0.39, 0.29) is 5.91 Å². The molecule has 2 N–H and O–H groups in total. The van der Waals surface area contributed by atoms with Crippen LogP contribution in [0.5, 0.6) is 23.0 Å². The van der Waals surface area contributed by atoms with Crippen LogP contribution in [0.1, 0.15) is 22.6 Å². The number of nitrogens with zero attached hydrogens (tertiary/aromatic N) is 2. The van der Waals surface area contributed by atoms with Gasteiger partial charge in [0.15, 0.2) is 11.5 Å². The van der Waals surface area contributed by atoms with E-state index in [9.17, 15) is 4.79 Å². The Balaban J connectivity index is 1.39. The smallest absolute Gasteiger partial charge is 0.252 e. The molecule has 0 radical (unpaired) electrons. The molecule has 170 valence electrons. The molecule has 8 nitrogen and oxygen atoms in total. The first kappa shape index (κ1) is 21.3. The van der Waals surface area contributed by atoms with Crippen LogP contribution in [0.4, 0.5) is 0 Å². The summed E-state index contributed by atoms with van der Waals surface area (Å²) in [4.78, 5) is 13.2. The number of H-pyrrole nitrogens is 1. The zero-order valence-electron chi connectivity index (χ0n) is 18.6. The first-order chi connectivity index (χ1) is 16.7. The van der Waals surface area contributed by atoms with Crippen molar-refractivity contribution in [2.75, 3.05) is 14.2 Å². The lowest BCUT2D eigenvalue weighted by molar-refractivity contribution is -0.121. The molecule has 0 unspecified atom stereocenters. The van der Waals surface area contributed by atoms with Gasteiger partial charge in [-0.15, -0.1) is 0 Å². The summed E-state index contributed by atoms with van der Waals surface area (Å²) in [6.07, 6.45) is 3.20. The molecule has 1 aromatic heterocycles. The summed E-state index contributed by atoms with van der Waals surface area (Å²) in [5.41, 5.74) is 6.56. The van der Waals surface area contributed by atoms with Crippen molar-refractivity contribution in [3.05, 3.63) is 89.6 Å². The number of hydrogen-bond donors (Lipinski definition) is 2. The van der Waals surface area contributed by atoms with Crippen LogP contribution in [0.2, 0.25) is 0 Å². The molecule has 0 fully saturated rings. The summed E-state index contributed by atoms with van der Waals surface area (Å²) in [6, 6.07) is 20.6. The highest BCUT2D eigenvalue weighted by Gasteiger charge is 2.32. The molecule has 5 rings (SSSR count). The van der Waals surface area contributed by atoms with Crippen LogP contribution >= 0.6 is 0 Å². The van der Waals surface area contributed by atoms with Crippen molar-refractivity contribution in [2.45, 2.75) is 5.92 Å². The van der Waals surface area contributed by atoms with Gasteiger partial charge >= 0.3 is 0 Å². The van der Waals surface area contributed by atoms with Crippen LogP contribution in [0, 0.1) is 0 Å². The van der Waals surface area contributed by atoms with Crippen molar-refractivity contribution in [1.29, 1.82) is 0 Å². The van der Waals surface area contributed by atoms with Gasteiger partial charge in [0, 0.05) is 22.3 Å². The zero-order valence-corrected chi connectivity index (χ0v) is 18.6. The number of ether oxygens (including phenoxy) is 3. The third-order valence-electron chi connectivity index (χ3n) is 5.66. The van der Waals surface area contributed by atoms with E-state index in [0.29, 0.717) is 28.6 Å². The molecule has 1 amide bonds. The van der Waals surface area contributed by atoms with Gasteiger partial charge < -0.3 is 14.2 Å². The maximum atomic E-state index is 13.2. The Morgan fingerprint density at radius 2 is 1.68 bits per heavy atom. The number of carbonyl (C=O) groups excluding carboxylic acids is 1. The van der Waals surface area contributed by atoms with Gasteiger partial charge in [-0.25, -0.2) is 5.43 Å². The van der Waals surface area contributed by atoms with Gasteiger partial charge in [-0.2, -0.15) is 10.2 Å². The number of amides is 1. The van der Waals surface area contributed by atoms with E-state index in [0.717, 1.165) is 22.4 Å². The lowest BCUT2D eigenvalue weighted by atomic mass is 9.87. The van der Waals surface area contributed by atoms with Gasteiger partial charge in [0.2, 0.25) is 0 Å². The van der Waals surface area contributed by atoms with Crippen molar-refractivity contribution in [3.8, 4) is 34.3 Å². The van der Waals surface area contributed by atoms with Gasteiger partial charge in [0.05, 0.1) is 38.2 Å². The SMILES string of the molecule is COc1ccc(-c2[nH]ncc2/C=N/NC(=O)C2c3ccccc3Oc3ccccc32)cc1OC. The Labute approximate surface area is 196 Å². The van der Waals surface area contributed by atoms with Crippen molar-refractivity contribution < 1.29 is 19.0 Å². The fourth-order valence-electron chi connectivity index (χ4n) is 4.04. The molecule has 0 saturated carbocycles. The number of para-hydroxylation sites is 2. The number of benzene rings is 3. The normalized spacial score (nSPS) is 12.5. The molecule has 0 spiro atoms. The van der Waals surface area contributed by atoms with E-state index in [1.165, 1.54) is 0 Å². The Morgan fingerprint density at radius 3 is 2.35 bits per heavy atom. The molecular weight excluding hydrogens is 432 g/mol. The van der Waals surface area contributed by atoms with Gasteiger partial charge in [-0.3, -0.25) is 9.89 Å². The summed E-state index contributed by atoms with van der Waals surface area (Å²) in [6.45, 7) is 0. The minimum atomic E-state index is -0.534. The molecule has 8 heteroatoms. The van der Waals surface area contributed by atoms with Crippen LogP contribution < -0.4 is 19.6 Å². The van der Waals surface area contributed by atoms with Crippen LogP contribution in [0.25, 0.3) is 11.3 Å². The highest BCUT2D eigenvalue weighted by Crippen LogP contribution is 2.43. The molecule has 1 aliphatic heterocycles. The van der Waals surface area contributed by atoms with E-state index >= 15 is 0 Å². The van der Waals surface area contributed by atoms with Gasteiger partial charge in [-0.05, 0) is 30.3 Å². The fourth-order valence-corrected chi connectivity index (χ4v) is 4.04. The maximum absolute atomic E-state index is 13.2. The molecule has 34 heavy (non-hydrogen) atoms. The topological polar surface area (TPSA) is 97.8 Å². The number of hydrazone groups is 1. The first-order valence-electron chi connectivity index (χ1n) is 10.6. The minimum absolute atomic E-state index is 0.254. The number of carbonyl (C=O) groups is 1. The maximum Gasteiger partial charge on any atom is 0.252 e. The fraction of sp³-hybridized carbons (Fsp3) is 0.115. The predicted molar refractivity (Wildman–Crippen MR) is 128 cm³/mol. The number of aromatic nitrogens is 2. The Kier molecular flexibility index (Phi) is 5.70. The van der Waals surface area contributed by atoms with Crippen molar-refractivity contribution in [2.24, 2.45) is 5.10 Å². The molecule has 0 atom stereocenters. The monoisotopic (exact) mass is 454 g/mol. The van der Waals surface area contributed by atoms with Gasteiger partial charge in [0.25, 0.3) is 5.91 Å². The second-order valence-corrected chi connectivity index (χ2v) is 7.62. The van der Waals surface area contributed by atoms with Crippen LogP contribution in [-0.2, 0) is 4.79 Å². The number of aromatic amines is 1. The lowest BCUT2D eigenvalue weighted by Crippen LogP contribution is -2.28. The number of nitrogens with one attached hydrogen (secondary N) is 2. The van der Waals surface area contributed by atoms with Crippen LogP contribution in [-0.4, -0.2) is 36.5 Å². The number of hydrogen-bond acceptors (Lipinski definition) is 6. The molecule has 0 aliphatic carbocycles. The number of fused-ring (bicyclic) bond motifs is 2. The Bertz CT molecular complexity index is 1330. The summed E-state index contributed by atoms with van der Waals surface area (Å²) < 4.78 is 16.7. The quantitative estimate of drug-likeness (QED) is 0.331. The van der Waals surface area contributed by atoms with E-state index in [2.05, 4.69) is 20.7 Å². The zero-order chi connectivity index (χ0) is 23.5. The molecule has 4 aromatic rings. The molecule has 3 aromatic carbocycles. The molecule has 2 heterocycles. The molecular formula is C26H22N4O4. The van der Waals surface area contributed by atoms with Crippen molar-refractivity contribution in [3.63, 3.8) is 0 Å². The van der Waals surface area contributed by atoms with Crippen molar-refractivity contribution >= 4 is 12.1 Å². The molecule has 0 bridgehead atoms. The average Bonchev–Trinajstić information content (AvgIpc) is 3.35. The van der Waals surface area contributed by atoms with Crippen LogP contribution in [0.3, 0.4) is 0 Å². The van der Waals surface area contributed by atoms with Crippen LogP contribution in [0.15, 0.2) is 78.0 Å². The number of methoxy groups -OCH3 is 2. The second kappa shape index (κ2) is 9.11. The second-order valence-electron chi connectivity index (χ2n) is 7.62. The Morgan fingerprint density at radius 1 is 1.00 bits per heavy atom. The highest BCUT2D eigenvalue weighted by molar-refractivity contribution is 5.92. The molecule has 1 aliphatic rings. The third-order valence-corrected chi connectivity index (χ3v) is 5.66. The summed E-state index contributed by atoms with van der Waals surface area (Å²) in [7, 11) is 3.17.